The Morgan fingerprint density at radius 2 is 1.94 bits per heavy atom. The quantitative estimate of drug-likeness (QED) is 0.577. The highest BCUT2D eigenvalue weighted by atomic mass is 16.5. The first-order chi connectivity index (χ1) is 7.76. The van der Waals surface area contributed by atoms with Gasteiger partial charge < -0.3 is 15.4 Å². The summed E-state index contributed by atoms with van der Waals surface area (Å²) >= 11 is 0. The lowest BCUT2D eigenvalue weighted by atomic mass is 10.1. The minimum absolute atomic E-state index is 0.243. The molecule has 0 aliphatic carbocycles. The van der Waals surface area contributed by atoms with Crippen molar-refractivity contribution in [3.05, 3.63) is 0 Å². The number of likely N-dealkylation sites (N-methyl/N-ethyl adjacent to an activating group) is 1. The molecule has 0 aliphatic heterocycles. The fourth-order valence-corrected chi connectivity index (χ4v) is 1.59. The van der Waals surface area contributed by atoms with Crippen molar-refractivity contribution in [3.63, 3.8) is 0 Å². The number of carbonyl (C=O) groups is 1. The molecule has 2 N–H and O–H groups in total. The first-order valence-electron chi connectivity index (χ1n) is 6.23. The fraction of sp³-hybridized carbons (Fsp3) is 0.917. The minimum Gasteiger partial charge on any atom is -0.383 e. The van der Waals surface area contributed by atoms with Gasteiger partial charge in [-0.1, -0.05) is 12.8 Å². The number of ether oxygens (including phenoxy) is 1. The van der Waals surface area contributed by atoms with Crippen LogP contribution in [0.3, 0.4) is 0 Å². The van der Waals surface area contributed by atoms with Gasteiger partial charge in [0.1, 0.15) is 0 Å². The number of methoxy groups -OCH3 is 1. The molecule has 0 aromatic carbocycles. The number of nitrogens with zero attached hydrogens (tertiary/aromatic N) is 1. The molecule has 0 heterocycles. The van der Waals surface area contributed by atoms with Gasteiger partial charge in [-0.05, 0) is 26.3 Å². The van der Waals surface area contributed by atoms with Crippen molar-refractivity contribution >= 4 is 5.91 Å². The van der Waals surface area contributed by atoms with Crippen molar-refractivity contribution in [2.75, 3.05) is 33.4 Å². The normalized spacial score (nSPS) is 10.4. The summed E-state index contributed by atoms with van der Waals surface area (Å²) in [7, 11) is 1.66. The Balaban J connectivity index is 3.58. The van der Waals surface area contributed by atoms with E-state index in [4.69, 9.17) is 10.5 Å². The number of unbranched alkanes of at least 4 members (excludes halogenated alkanes) is 3. The van der Waals surface area contributed by atoms with Gasteiger partial charge in [-0.15, -0.1) is 0 Å². The predicted octanol–water partition coefficient (Wildman–Crippen LogP) is 1.39. The lowest BCUT2D eigenvalue weighted by molar-refractivity contribution is -0.131. The summed E-state index contributed by atoms with van der Waals surface area (Å²) in [4.78, 5) is 13.6. The van der Waals surface area contributed by atoms with Crippen LogP contribution in [0.25, 0.3) is 0 Å². The maximum Gasteiger partial charge on any atom is 0.222 e. The molecule has 0 saturated heterocycles. The zero-order valence-electron chi connectivity index (χ0n) is 10.7. The van der Waals surface area contributed by atoms with E-state index < -0.39 is 0 Å². The van der Waals surface area contributed by atoms with Gasteiger partial charge in [-0.2, -0.15) is 0 Å². The Bertz CT molecular complexity index is 174. The van der Waals surface area contributed by atoms with Crippen LogP contribution in [0.15, 0.2) is 0 Å². The molecule has 0 bridgehead atoms. The summed E-state index contributed by atoms with van der Waals surface area (Å²) in [6.07, 6.45) is 4.93. The second-order valence-corrected chi connectivity index (χ2v) is 3.92. The average molecular weight is 230 g/mol. The van der Waals surface area contributed by atoms with E-state index in [9.17, 15) is 4.79 Å². The molecule has 0 radical (unpaired) electrons. The minimum atomic E-state index is 0.243. The van der Waals surface area contributed by atoms with Gasteiger partial charge >= 0.3 is 0 Å². The van der Waals surface area contributed by atoms with E-state index in [1.54, 1.807) is 7.11 Å². The molecule has 0 aliphatic rings. The van der Waals surface area contributed by atoms with Crippen molar-refractivity contribution in [2.24, 2.45) is 5.73 Å². The van der Waals surface area contributed by atoms with Crippen molar-refractivity contribution in [1.29, 1.82) is 0 Å². The topological polar surface area (TPSA) is 55.6 Å². The van der Waals surface area contributed by atoms with Gasteiger partial charge in [0.2, 0.25) is 5.91 Å². The zero-order chi connectivity index (χ0) is 12.2. The van der Waals surface area contributed by atoms with Gasteiger partial charge in [0, 0.05) is 26.6 Å². The van der Waals surface area contributed by atoms with E-state index in [0.29, 0.717) is 19.6 Å². The SMILES string of the molecule is CCN(CCOC)C(=O)CCCCCCN. The van der Waals surface area contributed by atoms with Gasteiger partial charge in [-0.3, -0.25) is 4.79 Å². The first kappa shape index (κ1) is 15.4. The van der Waals surface area contributed by atoms with Gasteiger partial charge in [0.25, 0.3) is 0 Å². The third-order valence-corrected chi connectivity index (χ3v) is 2.64. The van der Waals surface area contributed by atoms with Gasteiger partial charge in [-0.25, -0.2) is 0 Å². The van der Waals surface area contributed by atoms with Crippen LogP contribution in [-0.4, -0.2) is 44.2 Å². The summed E-state index contributed by atoms with van der Waals surface area (Å²) < 4.78 is 4.97. The van der Waals surface area contributed by atoms with E-state index in [1.807, 2.05) is 11.8 Å². The molecule has 16 heavy (non-hydrogen) atoms. The number of amides is 1. The van der Waals surface area contributed by atoms with Gasteiger partial charge in [0.05, 0.1) is 6.61 Å². The summed E-state index contributed by atoms with van der Waals surface area (Å²) in [5.74, 6) is 0.243. The fourth-order valence-electron chi connectivity index (χ4n) is 1.59. The van der Waals surface area contributed by atoms with Gasteiger partial charge in [0.15, 0.2) is 0 Å². The van der Waals surface area contributed by atoms with Crippen molar-refractivity contribution in [3.8, 4) is 0 Å². The third kappa shape index (κ3) is 7.65. The first-order valence-corrected chi connectivity index (χ1v) is 6.23. The molecule has 1 amide bonds. The third-order valence-electron chi connectivity index (χ3n) is 2.64. The van der Waals surface area contributed by atoms with E-state index in [0.717, 1.165) is 38.8 Å². The molecule has 4 nitrogen and oxygen atoms in total. The van der Waals surface area contributed by atoms with E-state index in [1.165, 1.54) is 0 Å². The molecule has 0 aromatic heterocycles. The zero-order valence-corrected chi connectivity index (χ0v) is 10.7. The molecule has 0 saturated carbocycles. The molecular formula is C12H26N2O2. The second-order valence-electron chi connectivity index (χ2n) is 3.92. The molecule has 0 rings (SSSR count). The van der Waals surface area contributed by atoms with Crippen LogP contribution in [0, 0.1) is 0 Å². The molecular weight excluding hydrogens is 204 g/mol. The van der Waals surface area contributed by atoms with Crippen molar-refractivity contribution in [2.45, 2.75) is 39.0 Å². The Morgan fingerprint density at radius 3 is 2.50 bits per heavy atom. The molecule has 0 unspecified atom stereocenters. The van der Waals surface area contributed by atoms with Crippen LogP contribution in [0.1, 0.15) is 39.0 Å². The number of carbonyl (C=O) groups excluding carboxylic acids is 1. The molecule has 4 heteroatoms. The van der Waals surface area contributed by atoms with E-state index in [2.05, 4.69) is 0 Å². The number of hydrogen-bond acceptors (Lipinski definition) is 3. The highest BCUT2D eigenvalue weighted by Gasteiger charge is 2.10. The Kier molecular flexibility index (Phi) is 10.5. The highest BCUT2D eigenvalue weighted by molar-refractivity contribution is 5.76. The van der Waals surface area contributed by atoms with Crippen LogP contribution in [-0.2, 0) is 9.53 Å². The standard InChI is InChI=1S/C12H26N2O2/c1-3-14(10-11-16-2)12(15)8-6-4-5-7-9-13/h3-11,13H2,1-2H3. The summed E-state index contributed by atoms with van der Waals surface area (Å²) in [5, 5.41) is 0. The Labute approximate surface area is 99.1 Å². The van der Waals surface area contributed by atoms with Crippen LogP contribution >= 0.6 is 0 Å². The lowest BCUT2D eigenvalue weighted by Gasteiger charge is -2.20. The molecule has 96 valence electrons. The maximum atomic E-state index is 11.8. The smallest absolute Gasteiger partial charge is 0.222 e. The van der Waals surface area contributed by atoms with Crippen molar-refractivity contribution < 1.29 is 9.53 Å². The number of rotatable bonds is 10. The number of hydrogen-bond donors (Lipinski definition) is 1. The van der Waals surface area contributed by atoms with Crippen LogP contribution < -0.4 is 5.73 Å². The summed E-state index contributed by atoms with van der Waals surface area (Å²) in [6.45, 7) is 4.84. The number of nitrogens with two attached hydrogens (primary N) is 1. The maximum absolute atomic E-state index is 11.8. The molecule has 0 aromatic rings. The average Bonchev–Trinajstić information content (AvgIpc) is 2.30. The summed E-state index contributed by atoms with van der Waals surface area (Å²) in [5.41, 5.74) is 5.41. The van der Waals surface area contributed by atoms with Crippen molar-refractivity contribution in [1.82, 2.24) is 4.90 Å². The molecule has 0 spiro atoms. The Morgan fingerprint density at radius 1 is 1.25 bits per heavy atom. The van der Waals surface area contributed by atoms with E-state index in [-0.39, 0.29) is 5.91 Å². The van der Waals surface area contributed by atoms with Crippen LogP contribution in [0.2, 0.25) is 0 Å². The van der Waals surface area contributed by atoms with Crippen LogP contribution in [0.5, 0.6) is 0 Å². The predicted molar refractivity (Wildman–Crippen MR) is 66.3 cm³/mol. The van der Waals surface area contributed by atoms with Crippen LogP contribution in [0.4, 0.5) is 0 Å². The monoisotopic (exact) mass is 230 g/mol. The highest BCUT2D eigenvalue weighted by Crippen LogP contribution is 2.05. The Hall–Kier alpha value is -0.610. The molecule has 0 atom stereocenters. The second kappa shape index (κ2) is 10.9. The summed E-state index contributed by atoms with van der Waals surface area (Å²) in [6, 6.07) is 0. The van der Waals surface area contributed by atoms with E-state index >= 15 is 0 Å². The molecule has 0 fully saturated rings. The largest absolute Gasteiger partial charge is 0.383 e. The lowest BCUT2D eigenvalue weighted by Crippen LogP contribution is -2.33.